The molecule has 5 nitrogen and oxygen atoms in total. The zero-order valence-corrected chi connectivity index (χ0v) is 13.7. The highest BCUT2D eigenvalue weighted by Gasteiger charge is 2.09. The number of phenolic OH excluding ortho intramolecular Hbond substituents is 1. The van der Waals surface area contributed by atoms with Crippen LogP contribution in [0.5, 0.6) is 5.75 Å². The second kappa shape index (κ2) is 6.76. The van der Waals surface area contributed by atoms with Crippen LogP contribution in [-0.2, 0) is 6.42 Å². The zero-order chi connectivity index (χ0) is 17.9. The lowest BCUT2D eigenvalue weighted by Crippen LogP contribution is -2.06. The number of nitrogens with one attached hydrogen (secondary N) is 1. The number of hydrogen-bond acceptors (Lipinski definition) is 5. The van der Waals surface area contributed by atoms with Crippen molar-refractivity contribution < 1.29 is 9.50 Å². The molecule has 0 fully saturated rings. The molecule has 6 heteroatoms. The number of nitrogens with zero attached hydrogens (tertiary/aromatic N) is 3. The van der Waals surface area contributed by atoms with Crippen LogP contribution in [0.25, 0.3) is 10.8 Å². The molecule has 0 aliphatic carbocycles. The van der Waals surface area contributed by atoms with Crippen molar-refractivity contribution in [2.24, 2.45) is 0 Å². The molecule has 0 aliphatic heterocycles. The van der Waals surface area contributed by atoms with Crippen molar-refractivity contribution in [2.45, 2.75) is 6.42 Å². The van der Waals surface area contributed by atoms with Gasteiger partial charge in [-0.2, -0.15) is 19.3 Å². The number of fused-ring (bicyclic) bond motifs is 1. The maximum absolute atomic E-state index is 13.8. The van der Waals surface area contributed by atoms with Gasteiger partial charge in [0.2, 0.25) is 5.95 Å². The lowest BCUT2D eigenvalue weighted by atomic mass is 10.0. The van der Waals surface area contributed by atoms with Gasteiger partial charge in [0.05, 0.1) is 0 Å². The summed E-state index contributed by atoms with van der Waals surface area (Å²) in [6.07, 6.45) is -0.509. The van der Waals surface area contributed by atoms with Gasteiger partial charge in [-0.1, -0.05) is 42.5 Å². The van der Waals surface area contributed by atoms with E-state index in [1.54, 1.807) is 12.1 Å². The topological polar surface area (TPSA) is 70.9 Å². The Morgan fingerprint density at radius 2 is 1.73 bits per heavy atom. The number of benzene rings is 3. The summed E-state index contributed by atoms with van der Waals surface area (Å²) in [7, 11) is 0. The number of aromatic hydroxyl groups is 1. The monoisotopic (exact) mass is 346 g/mol. The number of anilines is 2. The van der Waals surface area contributed by atoms with Crippen LogP contribution in [0, 0.1) is 6.08 Å². The van der Waals surface area contributed by atoms with Crippen molar-refractivity contribution in [2.75, 3.05) is 5.32 Å². The van der Waals surface area contributed by atoms with Crippen molar-refractivity contribution >= 4 is 22.4 Å². The van der Waals surface area contributed by atoms with Gasteiger partial charge in [-0.05, 0) is 35.2 Å². The second-order valence-corrected chi connectivity index (χ2v) is 5.84. The molecule has 0 radical (unpaired) electrons. The van der Waals surface area contributed by atoms with Crippen molar-refractivity contribution in [1.29, 1.82) is 0 Å². The average molecular weight is 346 g/mol. The van der Waals surface area contributed by atoms with Gasteiger partial charge in [0.1, 0.15) is 11.6 Å². The number of halogens is 1. The standard InChI is InChI=1S/C20H15FN4O/c21-19-23-18(24-20(25-19)22-15-6-2-1-3-7-15)12-13-9-10-14-5-4-8-17(26)16(14)11-13/h1-11,26H,12H2,(H,22,23,24,25). The minimum atomic E-state index is -0.836. The van der Waals surface area contributed by atoms with Gasteiger partial charge in [-0.25, -0.2) is 0 Å². The molecule has 2 N–H and O–H groups in total. The van der Waals surface area contributed by atoms with Crippen molar-refractivity contribution in [3.63, 3.8) is 0 Å². The maximum atomic E-state index is 13.8. The second-order valence-electron chi connectivity index (χ2n) is 5.84. The third-order valence-electron chi connectivity index (χ3n) is 3.97. The van der Waals surface area contributed by atoms with Crippen LogP contribution in [0.15, 0.2) is 66.7 Å². The lowest BCUT2D eigenvalue weighted by molar-refractivity contribution is 0.481. The first kappa shape index (κ1) is 16.0. The molecule has 0 atom stereocenters. The van der Waals surface area contributed by atoms with Crippen molar-refractivity contribution in [3.05, 3.63) is 84.2 Å². The predicted octanol–water partition coefficient (Wildman–Crippen LogP) is 4.20. The average Bonchev–Trinajstić information content (AvgIpc) is 2.63. The van der Waals surface area contributed by atoms with Gasteiger partial charge in [0.25, 0.3) is 0 Å². The van der Waals surface area contributed by atoms with Crippen LogP contribution >= 0.6 is 0 Å². The molecule has 0 saturated carbocycles. The molecule has 4 rings (SSSR count). The van der Waals surface area contributed by atoms with E-state index in [1.807, 2.05) is 54.6 Å². The normalized spacial score (nSPS) is 10.8. The number of rotatable bonds is 4. The van der Waals surface area contributed by atoms with E-state index >= 15 is 0 Å². The molecule has 1 heterocycles. The highest BCUT2D eigenvalue weighted by atomic mass is 19.1. The Hall–Kier alpha value is -3.54. The van der Waals surface area contributed by atoms with Gasteiger partial charge in [0, 0.05) is 17.5 Å². The Labute approximate surface area is 149 Å². The van der Waals surface area contributed by atoms with E-state index in [0.717, 1.165) is 22.0 Å². The zero-order valence-electron chi connectivity index (χ0n) is 13.7. The molecule has 1 aromatic heterocycles. The summed E-state index contributed by atoms with van der Waals surface area (Å²) in [6.45, 7) is 0. The predicted molar refractivity (Wildman–Crippen MR) is 97.9 cm³/mol. The number of hydrogen-bond donors (Lipinski definition) is 2. The van der Waals surface area contributed by atoms with E-state index in [1.165, 1.54) is 0 Å². The number of aromatic nitrogens is 3. The highest BCUT2D eigenvalue weighted by Crippen LogP contribution is 2.26. The first-order valence-corrected chi connectivity index (χ1v) is 8.10. The maximum Gasteiger partial charge on any atom is 0.313 e. The summed E-state index contributed by atoms with van der Waals surface area (Å²) in [5.41, 5.74) is 1.63. The quantitative estimate of drug-likeness (QED) is 0.579. The first-order chi connectivity index (χ1) is 12.7. The largest absolute Gasteiger partial charge is 0.507 e. The van der Waals surface area contributed by atoms with Crippen LogP contribution < -0.4 is 5.32 Å². The Morgan fingerprint density at radius 3 is 2.58 bits per heavy atom. The molecule has 0 saturated heterocycles. The van der Waals surface area contributed by atoms with Crippen LogP contribution in [0.3, 0.4) is 0 Å². The van der Waals surface area contributed by atoms with Gasteiger partial charge in [-0.3, -0.25) is 0 Å². The molecule has 3 aromatic carbocycles. The van der Waals surface area contributed by atoms with Gasteiger partial charge in [-0.15, -0.1) is 0 Å². The lowest BCUT2D eigenvalue weighted by Gasteiger charge is -2.07. The molecule has 0 spiro atoms. The van der Waals surface area contributed by atoms with Crippen molar-refractivity contribution in [1.82, 2.24) is 15.0 Å². The third kappa shape index (κ3) is 3.44. The van der Waals surface area contributed by atoms with Gasteiger partial charge in [0.15, 0.2) is 0 Å². The molecule has 0 bridgehead atoms. The Kier molecular flexibility index (Phi) is 4.15. The Morgan fingerprint density at radius 1 is 0.885 bits per heavy atom. The molecular weight excluding hydrogens is 331 g/mol. The molecule has 26 heavy (non-hydrogen) atoms. The van der Waals surface area contributed by atoms with E-state index < -0.39 is 6.08 Å². The fraction of sp³-hybridized carbons (Fsp3) is 0.0500. The van der Waals surface area contributed by atoms with E-state index in [4.69, 9.17) is 0 Å². The highest BCUT2D eigenvalue weighted by molar-refractivity contribution is 5.88. The fourth-order valence-electron chi connectivity index (χ4n) is 2.77. The van der Waals surface area contributed by atoms with E-state index in [0.29, 0.717) is 12.2 Å². The summed E-state index contributed by atoms with van der Waals surface area (Å²) in [5.74, 6) is 0.672. The van der Waals surface area contributed by atoms with Crippen LogP contribution in [0.1, 0.15) is 11.4 Å². The summed E-state index contributed by atoms with van der Waals surface area (Å²) >= 11 is 0. The van der Waals surface area contributed by atoms with Gasteiger partial charge >= 0.3 is 6.08 Å². The van der Waals surface area contributed by atoms with Crippen LogP contribution in [0.2, 0.25) is 0 Å². The minimum absolute atomic E-state index is 0.155. The molecule has 4 aromatic rings. The number of phenols is 1. The van der Waals surface area contributed by atoms with Crippen molar-refractivity contribution in [3.8, 4) is 5.75 Å². The fourth-order valence-corrected chi connectivity index (χ4v) is 2.77. The summed E-state index contributed by atoms with van der Waals surface area (Å²) in [5, 5.41) is 14.6. The van der Waals surface area contributed by atoms with E-state index in [2.05, 4.69) is 20.3 Å². The third-order valence-corrected chi connectivity index (χ3v) is 3.97. The SMILES string of the molecule is Oc1cccc2ccc(Cc3nc(F)nc(Nc4ccccc4)n3)cc12. The smallest absolute Gasteiger partial charge is 0.313 e. The molecule has 0 amide bonds. The molecular formula is C20H15FN4O. The number of para-hydroxylation sites is 1. The van der Waals surface area contributed by atoms with E-state index in [9.17, 15) is 9.50 Å². The summed E-state index contributed by atoms with van der Waals surface area (Å²) < 4.78 is 13.8. The minimum Gasteiger partial charge on any atom is -0.507 e. The Balaban J connectivity index is 1.63. The van der Waals surface area contributed by atoms with E-state index in [-0.39, 0.29) is 11.7 Å². The van der Waals surface area contributed by atoms with Crippen LogP contribution in [0.4, 0.5) is 16.0 Å². The molecule has 0 unspecified atom stereocenters. The van der Waals surface area contributed by atoms with Crippen LogP contribution in [-0.4, -0.2) is 20.1 Å². The first-order valence-electron chi connectivity index (χ1n) is 8.10. The summed E-state index contributed by atoms with van der Waals surface area (Å²) in [6, 6.07) is 20.3. The Bertz CT molecular complexity index is 1070. The molecule has 0 aliphatic rings. The summed E-state index contributed by atoms with van der Waals surface area (Å²) in [4.78, 5) is 11.8. The molecule has 128 valence electrons. The van der Waals surface area contributed by atoms with Gasteiger partial charge < -0.3 is 10.4 Å².